The number of fused-ring (bicyclic) bond motifs is 1. The second-order valence-corrected chi connectivity index (χ2v) is 11.1. The van der Waals surface area contributed by atoms with Crippen molar-refractivity contribution >= 4 is 49.8 Å². The number of nitrogens with zero attached hydrogens (tertiary/aromatic N) is 1. The van der Waals surface area contributed by atoms with Crippen molar-refractivity contribution in [3.63, 3.8) is 0 Å². The Morgan fingerprint density at radius 2 is 1.87 bits per heavy atom. The summed E-state index contributed by atoms with van der Waals surface area (Å²) in [6.45, 7) is 0.258. The number of ether oxygens (including phenoxy) is 1. The van der Waals surface area contributed by atoms with E-state index < -0.39 is 27.9 Å². The number of hydrogen-bond acceptors (Lipinski definition) is 6. The Kier molecular flexibility index (Phi) is 6.39. The first-order valence-corrected chi connectivity index (χ1v) is 12.8. The second-order valence-electron chi connectivity index (χ2n) is 7.62. The largest absolute Gasteiger partial charge is 0.465 e. The van der Waals surface area contributed by atoms with E-state index in [4.69, 9.17) is 16.3 Å². The number of carbonyl (C=O) groups excluding carboxylic acids is 2. The Balaban J connectivity index is 1.61. The third-order valence-electron chi connectivity index (χ3n) is 5.72. The highest BCUT2D eigenvalue weighted by molar-refractivity contribution is 7.89. The lowest BCUT2D eigenvalue weighted by Gasteiger charge is -2.23. The first-order chi connectivity index (χ1) is 14.8. The molecule has 2 aliphatic rings. The highest BCUT2D eigenvalue weighted by atomic mass is 35.5. The van der Waals surface area contributed by atoms with Crippen molar-refractivity contribution in [1.29, 1.82) is 0 Å². The van der Waals surface area contributed by atoms with Crippen molar-refractivity contribution in [3.8, 4) is 0 Å². The van der Waals surface area contributed by atoms with Gasteiger partial charge in [0.25, 0.3) is 0 Å². The molecule has 1 aromatic heterocycles. The van der Waals surface area contributed by atoms with Crippen LogP contribution in [0.3, 0.4) is 0 Å². The van der Waals surface area contributed by atoms with Crippen molar-refractivity contribution in [3.05, 3.63) is 45.3 Å². The van der Waals surface area contributed by atoms with Crippen LogP contribution in [0.5, 0.6) is 0 Å². The number of rotatable bonds is 5. The van der Waals surface area contributed by atoms with E-state index >= 15 is 0 Å². The Labute approximate surface area is 190 Å². The van der Waals surface area contributed by atoms with E-state index in [1.165, 1.54) is 47.0 Å². The maximum Gasteiger partial charge on any atom is 0.341 e. The number of esters is 1. The molecule has 1 fully saturated rings. The zero-order valence-electron chi connectivity index (χ0n) is 17.0. The molecule has 1 N–H and O–H groups in total. The van der Waals surface area contributed by atoms with E-state index in [1.807, 2.05) is 0 Å². The molecule has 4 rings (SSSR count). The number of thiophene rings is 1. The van der Waals surface area contributed by atoms with Crippen molar-refractivity contribution in [2.24, 2.45) is 0 Å². The maximum absolute atomic E-state index is 13.1. The van der Waals surface area contributed by atoms with Gasteiger partial charge in [0.05, 0.1) is 17.6 Å². The molecule has 1 aliphatic heterocycles. The number of anilines is 1. The summed E-state index contributed by atoms with van der Waals surface area (Å²) in [6.07, 6.45) is 4.65. The average molecular weight is 483 g/mol. The van der Waals surface area contributed by atoms with Crippen molar-refractivity contribution in [2.45, 2.75) is 49.5 Å². The molecule has 1 aromatic carbocycles. The van der Waals surface area contributed by atoms with Crippen LogP contribution in [0.4, 0.5) is 5.00 Å². The molecule has 1 unspecified atom stereocenters. The van der Waals surface area contributed by atoms with Crippen LogP contribution in [0, 0.1) is 0 Å². The van der Waals surface area contributed by atoms with Gasteiger partial charge in [-0.2, -0.15) is 4.31 Å². The summed E-state index contributed by atoms with van der Waals surface area (Å²) in [7, 11) is -2.53. The van der Waals surface area contributed by atoms with E-state index in [0.717, 1.165) is 36.1 Å². The third kappa shape index (κ3) is 4.24. The Morgan fingerprint density at radius 1 is 1.16 bits per heavy atom. The quantitative estimate of drug-likeness (QED) is 0.653. The SMILES string of the molecule is COC(=O)c1c(NC(=O)C2CCCN2S(=O)(=O)c2ccc(Cl)cc2)sc2c1CCCC2. The van der Waals surface area contributed by atoms with Gasteiger partial charge >= 0.3 is 5.97 Å². The fourth-order valence-corrected chi connectivity index (χ4v) is 7.26. The van der Waals surface area contributed by atoms with Crippen LogP contribution < -0.4 is 5.32 Å². The molecule has 2 aromatic rings. The van der Waals surface area contributed by atoms with Gasteiger partial charge in [-0.05, 0) is 68.4 Å². The van der Waals surface area contributed by atoms with Gasteiger partial charge < -0.3 is 10.1 Å². The first-order valence-electron chi connectivity index (χ1n) is 10.1. The molecule has 7 nitrogen and oxygen atoms in total. The van der Waals surface area contributed by atoms with Crippen LogP contribution in [0.25, 0.3) is 0 Å². The smallest absolute Gasteiger partial charge is 0.341 e. The maximum atomic E-state index is 13.1. The number of aryl methyl sites for hydroxylation is 1. The Morgan fingerprint density at radius 3 is 2.58 bits per heavy atom. The monoisotopic (exact) mass is 482 g/mol. The standard InChI is InChI=1S/C21H23ClN2O5S2/c1-29-21(26)18-15-5-2-3-7-17(15)30-20(18)23-19(25)16-6-4-12-24(16)31(27,28)14-10-8-13(22)9-11-14/h8-11,16H,2-7,12H2,1H3,(H,23,25). The average Bonchev–Trinajstić information content (AvgIpc) is 3.39. The first kappa shape index (κ1) is 22.3. The van der Waals surface area contributed by atoms with Gasteiger partial charge in [0.15, 0.2) is 0 Å². The molecular weight excluding hydrogens is 460 g/mol. The fraction of sp³-hybridized carbons (Fsp3) is 0.429. The molecule has 1 aliphatic carbocycles. The van der Waals surface area contributed by atoms with Crippen LogP contribution in [0.1, 0.15) is 46.5 Å². The molecule has 166 valence electrons. The number of nitrogens with one attached hydrogen (secondary N) is 1. The molecule has 2 heterocycles. The van der Waals surface area contributed by atoms with Gasteiger partial charge in [-0.1, -0.05) is 11.6 Å². The summed E-state index contributed by atoms with van der Waals surface area (Å²) >= 11 is 7.26. The Hall–Kier alpha value is -1.94. The summed E-state index contributed by atoms with van der Waals surface area (Å²) < 4.78 is 32.4. The van der Waals surface area contributed by atoms with Crippen molar-refractivity contribution < 1.29 is 22.7 Å². The topological polar surface area (TPSA) is 92.8 Å². The third-order valence-corrected chi connectivity index (χ3v) is 9.11. The second kappa shape index (κ2) is 8.90. The van der Waals surface area contributed by atoms with Crippen molar-refractivity contribution in [2.75, 3.05) is 19.0 Å². The van der Waals surface area contributed by atoms with Crippen LogP contribution in [-0.4, -0.2) is 44.3 Å². The predicted octanol–water partition coefficient (Wildman–Crippen LogP) is 3.86. The minimum absolute atomic E-state index is 0.0958. The highest BCUT2D eigenvalue weighted by Gasteiger charge is 2.40. The minimum Gasteiger partial charge on any atom is -0.465 e. The molecule has 0 bridgehead atoms. The minimum atomic E-state index is -3.85. The molecule has 1 atom stereocenters. The van der Waals surface area contributed by atoms with Gasteiger partial charge in [0.2, 0.25) is 15.9 Å². The highest BCUT2D eigenvalue weighted by Crippen LogP contribution is 2.39. The van der Waals surface area contributed by atoms with Crippen LogP contribution in [-0.2, 0) is 32.4 Å². The van der Waals surface area contributed by atoms with Gasteiger partial charge in [0, 0.05) is 16.4 Å². The van der Waals surface area contributed by atoms with Gasteiger partial charge in [-0.25, -0.2) is 13.2 Å². The fourth-order valence-electron chi connectivity index (χ4n) is 4.20. The van der Waals surface area contributed by atoms with Gasteiger partial charge in [0.1, 0.15) is 11.0 Å². The summed E-state index contributed by atoms with van der Waals surface area (Å²) in [4.78, 5) is 26.7. The molecule has 0 spiro atoms. The van der Waals surface area contributed by atoms with Crippen LogP contribution in [0.15, 0.2) is 29.2 Å². The summed E-state index contributed by atoms with van der Waals surface area (Å²) in [6, 6.07) is 5.06. The number of carbonyl (C=O) groups is 2. The zero-order valence-corrected chi connectivity index (χ0v) is 19.4. The van der Waals surface area contributed by atoms with Gasteiger partial charge in [-0.3, -0.25) is 4.79 Å². The van der Waals surface area contributed by atoms with E-state index in [-0.39, 0.29) is 11.4 Å². The summed E-state index contributed by atoms with van der Waals surface area (Å²) in [5, 5.41) is 3.72. The number of sulfonamides is 1. The lowest BCUT2D eigenvalue weighted by atomic mass is 9.95. The molecule has 1 saturated heterocycles. The van der Waals surface area contributed by atoms with Crippen molar-refractivity contribution in [1.82, 2.24) is 4.31 Å². The predicted molar refractivity (Wildman–Crippen MR) is 119 cm³/mol. The van der Waals surface area contributed by atoms with Crippen LogP contribution in [0.2, 0.25) is 5.02 Å². The molecule has 1 amide bonds. The lowest BCUT2D eigenvalue weighted by Crippen LogP contribution is -2.43. The lowest BCUT2D eigenvalue weighted by molar-refractivity contribution is -0.119. The molecule has 10 heteroatoms. The summed E-state index contributed by atoms with van der Waals surface area (Å²) in [5.41, 5.74) is 1.34. The van der Waals surface area contributed by atoms with E-state index in [2.05, 4.69) is 5.32 Å². The van der Waals surface area contributed by atoms with E-state index in [9.17, 15) is 18.0 Å². The zero-order chi connectivity index (χ0) is 22.2. The number of benzene rings is 1. The number of methoxy groups -OCH3 is 1. The number of amides is 1. The molecule has 31 heavy (non-hydrogen) atoms. The van der Waals surface area contributed by atoms with E-state index in [0.29, 0.717) is 28.4 Å². The van der Waals surface area contributed by atoms with Crippen LogP contribution >= 0.6 is 22.9 Å². The molecular formula is C21H23ClN2O5S2. The summed E-state index contributed by atoms with van der Waals surface area (Å²) in [5.74, 6) is -0.912. The molecule has 0 radical (unpaired) electrons. The Bertz CT molecular complexity index is 1110. The van der Waals surface area contributed by atoms with E-state index in [1.54, 1.807) is 0 Å². The molecule has 0 saturated carbocycles. The number of hydrogen-bond donors (Lipinski definition) is 1. The number of halogens is 1. The normalized spacial score (nSPS) is 19.1. The van der Waals surface area contributed by atoms with Gasteiger partial charge in [-0.15, -0.1) is 11.3 Å².